The van der Waals surface area contributed by atoms with Gasteiger partial charge in [0.25, 0.3) is 0 Å². The van der Waals surface area contributed by atoms with E-state index in [1.807, 2.05) is 12.1 Å². The minimum atomic E-state index is -0.633. The van der Waals surface area contributed by atoms with Crippen molar-refractivity contribution in [1.29, 1.82) is 5.26 Å². The molecule has 0 aliphatic rings. The zero-order valence-electron chi connectivity index (χ0n) is 12.2. The molecule has 0 bridgehead atoms. The summed E-state index contributed by atoms with van der Waals surface area (Å²) in [6.45, 7) is 3.65. The number of aryl methyl sites for hydroxylation is 1. The molecule has 2 aromatic carbocycles. The summed E-state index contributed by atoms with van der Waals surface area (Å²) in [6.07, 6.45) is 0. The Labute approximate surface area is 126 Å². The lowest BCUT2D eigenvalue weighted by atomic mass is 9.98. The number of aromatic hydroxyl groups is 1. The summed E-state index contributed by atoms with van der Waals surface area (Å²) in [5.74, 6) is -0.789. The maximum absolute atomic E-state index is 12.3. The quantitative estimate of drug-likeness (QED) is 0.709. The number of phenols is 1. The van der Waals surface area contributed by atoms with Crippen molar-refractivity contribution in [2.45, 2.75) is 13.8 Å². The average Bonchev–Trinajstić information content (AvgIpc) is 2.84. The van der Waals surface area contributed by atoms with Gasteiger partial charge < -0.3 is 14.8 Å². The highest BCUT2D eigenvalue weighted by Crippen LogP contribution is 2.39. The second-order valence-electron chi connectivity index (χ2n) is 4.98. The summed E-state index contributed by atoms with van der Waals surface area (Å²) in [5.41, 5.74) is 1.69. The van der Waals surface area contributed by atoms with Gasteiger partial charge in [0.1, 0.15) is 17.4 Å². The van der Waals surface area contributed by atoms with Crippen molar-refractivity contribution in [3.05, 3.63) is 41.1 Å². The van der Waals surface area contributed by atoms with E-state index in [1.54, 1.807) is 26.0 Å². The van der Waals surface area contributed by atoms with E-state index in [0.717, 1.165) is 5.39 Å². The highest BCUT2D eigenvalue weighted by atomic mass is 16.5. The minimum absolute atomic E-state index is 0.0384. The number of benzene rings is 2. The van der Waals surface area contributed by atoms with Gasteiger partial charge in [-0.15, -0.1) is 0 Å². The molecule has 22 heavy (non-hydrogen) atoms. The predicted molar refractivity (Wildman–Crippen MR) is 82.9 cm³/mol. The molecule has 110 valence electrons. The first-order chi connectivity index (χ1) is 10.6. The number of rotatable bonds is 2. The van der Waals surface area contributed by atoms with Crippen LogP contribution >= 0.6 is 0 Å². The Bertz CT molecular complexity index is 948. The van der Waals surface area contributed by atoms with Crippen LogP contribution in [0.5, 0.6) is 5.75 Å². The molecule has 5 nitrogen and oxygen atoms in total. The Kier molecular flexibility index (Phi) is 3.22. The van der Waals surface area contributed by atoms with E-state index in [2.05, 4.69) is 11.1 Å². The summed E-state index contributed by atoms with van der Waals surface area (Å²) < 4.78 is 5.05. The van der Waals surface area contributed by atoms with Crippen LogP contribution in [0.4, 0.5) is 0 Å². The maximum Gasteiger partial charge on any atom is 0.342 e. The molecule has 0 amide bonds. The van der Waals surface area contributed by atoms with E-state index < -0.39 is 5.97 Å². The monoisotopic (exact) mass is 294 g/mol. The van der Waals surface area contributed by atoms with Crippen LogP contribution in [0, 0.1) is 18.3 Å². The van der Waals surface area contributed by atoms with Crippen LogP contribution in [-0.2, 0) is 4.74 Å². The van der Waals surface area contributed by atoms with Crippen LogP contribution in [0.3, 0.4) is 0 Å². The number of hydrogen-bond donors (Lipinski definition) is 2. The molecule has 1 heterocycles. The molecule has 0 fully saturated rings. The molecule has 0 aliphatic carbocycles. The van der Waals surface area contributed by atoms with Crippen LogP contribution < -0.4 is 0 Å². The lowest BCUT2D eigenvalue weighted by Gasteiger charge is -2.10. The zero-order valence-corrected chi connectivity index (χ0v) is 12.2. The third-order valence-electron chi connectivity index (χ3n) is 3.72. The van der Waals surface area contributed by atoms with Gasteiger partial charge in [-0.1, -0.05) is 24.3 Å². The lowest BCUT2D eigenvalue weighted by molar-refractivity contribution is 0.0526. The first-order valence-corrected chi connectivity index (χ1v) is 6.93. The van der Waals surface area contributed by atoms with Crippen LogP contribution in [0.25, 0.3) is 21.7 Å². The molecule has 3 rings (SSSR count). The summed E-state index contributed by atoms with van der Waals surface area (Å²) in [5, 5.41) is 21.7. The Balaban J connectivity index is 2.57. The first kappa shape index (κ1) is 14.0. The summed E-state index contributed by atoms with van der Waals surface area (Å²) in [4.78, 5) is 15.4. The van der Waals surface area contributed by atoms with Gasteiger partial charge >= 0.3 is 5.97 Å². The predicted octanol–water partition coefficient (Wildman–Crippen LogP) is 3.38. The summed E-state index contributed by atoms with van der Waals surface area (Å²) in [7, 11) is 0. The van der Waals surface area contributed by atoms with Crippen LogP contribution in [0.2, 0.25) is 0 Å². The van der Waals surface area contributed by atoms with Crippen molar-refractivity contribution in [3.8, 4) is 11.8 Å². The SMILES string of the molecule is CCOC(=O)c1c(O)c2ccccc2c2[nH]c(C)c(C#N)c12. The number of phenolic OH excluding ortho intramolecular Hbond substituents is 1. The van der Waals surface area contributed by atoms with Crippen molar-refractivity contribution in [2.24, 2.45) is 0 Å². The average molecular weight is 294 g/mol. The Hall–Kier alpha value is -3.00. The van der Waals surface area contributed by atoms with Gasteiger partial charge in [-0.25, -0.2) is 4.79 Å². The topological polar surface area (TPSA) is 86.1 Å². The second-order valence-corrected chi connectivity index (χ2v) is 4.98. The van der Waals surface area contributed by atoms with E-state index in [0.29, 0.717) is 27.5 Å². The zero-order chi connectivity index (χ0) is 15.9. The van der Waals surface area contributed by atoms with Gasteiger partial charge in [-0.2, -0.15) is 5.26 Å². The Morgan fingerprint density at radius 2 is 2.05 bits per heavy atom. The van der Waals surface area contributed by atoms with Crippen LogP contribution in [-0.4, -0.2) is 22.7 Å². The molecule has 0 saturated heterocycles. The maximum atomic E-state index is 12.3. The number of aromatic nitrogens is 1. The van der Waals surface area contributed by atoms with Crippen molar-refractivity contribution < 1.29 is 14.6 Å². The van der Waals surface area contributed by atoms with E-state index in [9.17, 15) is 15.2 Å². The Morgan fingerprint density at radius 3 is 2.68 bits per heavy atom. The normalized spacial score (nSPS) is 10.8. The number of ether oxygens (including phenoxy) is 1. The van der Waals surface area contributed by atoms with Crippen molar-refractivity contribution >= 4 is 27.6 Å². The highest BCUT2D eigenvalue weighted by molar-refractivity contribution is 6.20. The molecule has 1 aromatic heterocycles. The van der Waals surface area contributed by atoms with Gasteiger partial charge in [0.05, 0.1) is 17.7 Å². The number of nitriles is 1. The largest absolute Gasteiger partial charge is 0.506 e. The van der Waals surface area contributed by atoms with Crippen molar-refractivity contribution in [3.63, 3.8) is 0 Å². The molecular weight excluding hydrogens is 280 g/mol. The smallest absolute Gasteiger partial charge is 0.342 e. The third-order valence-corrected chi connectivity index (χ3v) is 3.72. The number of H-pyrrole nitrogens is 1. The third kappa shape index (κ3) is 1.81. The van der Waals surface area contributed by atoms with E-state index >= 15 is 0 Å². The number of aromatic amines is 1. The summed E-state index contributed by atoms with van der Waals surface area (Å²) >= 11 is 0. The fraction of sp³-hybridized carbons (Fsp3) is 0.176. The Morgan fingerprint density at radius 1 is 1.36 bits per heavy atom. The van der Waals surface area contributed by atoms with Crippen molar-refractivity contribution in [1.82, 2.24) is 4.98 Å². The number of hydrogen-bond acceptors (Lipinski definition) is 4. The van der Waals surface area contributed by atoms with Gasteiger partial charge in [0.2, 0.25) is 0 Å². The lowest BCUT2D eigenvalue weighted by Crippen LogP contribution is -2.06. The number of esters is 1. The minimum Gasteiger partial charge on any atom is -0.506 e. The van der Waals surface area contributed by atoms with Crippen LogP contribution in [0.1, 0.15) is 28.5 Å². The number of nitrogens with one attached hydrogen (secondary N) is 1. The van der Waals surface area contributed by atoms with Gasteiger partial charge in [0, 0.05) is 21.9 Å². The fourth-order valence-electron chi connectivity index (χ4n) is 2.78. The van der Waals surface area contributed by atoms with E-state index in [4.69, 9.17) is 4.74 Å². The first-order valence-electron chi connectivity index (χ1n) is 6.93. The van der Waals surface area contributed by atoms with Crippen LogP contribution in [0.15, 0.2) is 24.3 Å². The standard InChI is InChI=1S/C17H14N2O3/c1-3-22-17(21)14-13-12(8-18)9(2)19-15(13)10-6-4-5-7-11(10)16(14)20/h4-7,19-20H,3H2,1-2H3. The van der Waals surface area contributed by atoms with E-state index in [1.165, 1.54) is 0 Å². The second kappa shape index (κ2) is 5.08. The number of nitrogens with zero attached hydrogens (tertiary/aromatic N) is 1. The number of fused-ring (bicyclic) bond motifs is 3. The molecule has 3 aromatic rings. The molecule has 0 saturated carbocycles. The molecule has 2 N–H and O–H groups in total. The number of carbonyl (C=O) groups is 1. The van der Waals surface area contributed by atoms with Gasteiger partial charge in [-0.3, -0.25) is 0 Å². The molecule has 0 spiro atoms. The van der Waals surface area contributed by atoms with Crippen molar-refractivity contribution in [2.75, 3.05) is 6.61 Å². The summed E-state index contributed by atoms with van der Waals surface area (Å²) in [6, 6.07) is 9.29. The molecular formula is C17H14N2O3. The van der Waals surface area contributed by atoms with Gasteiger partial charge in [0.15, 0.2) is 0 Å². The molecule has 0 aliphatic heterocycles. The molecule has 5 heteroatoms. The van der Waals surface area contributed by atoms with E-state index in [-0.39, 0.29) is 17.9 Å². The number of carbonyl (C=O) groups excluding carboxylic acids is 1. The highest BCUT2D eigenvalue weighted by Gasteiger charge is 2.25. The fourth-order valence-corrected chi connectivity index (χ4v) is 2.78. The molecule has 0 unspecified atom stereocenters. The van der Waals surface area contributed by atoms with Gasteiger partial charge in [-0.05, 0) is 13.8 Å². The molecule has 0 atom stereocenters. The molecule has 0 radical (unpaired) electrons.